The third-order valence-electron chi connectivity index (χ3n) is 5.04. The molecule has 1 aromatic carbocycles. The van der Waals surface area contributed by atoms with Gasteiger partial charge < -0.3 is 19.7 Å². The number of anilines is 1. The Kier molecular flexibility index (Phi) is 3.81. The molecule has 0 radical (unpaired) electrons. The van der Waals surface area contributed by atoms with E-state index in [2.05, 4.69) is 15.5 Å². The molecule has 0 aliphatic carbocycles. The summed E-state index contributed by atoms with van der Waals surface area (Å²) < 4.78 is 12.7. The maximum absolute atomic E-state index is 12.7. The molecule has 2 aliphatic heterocycles. The van der Waals surface area contributed by atoms with Gasteiger partial charge in [0.05, 0.1) is 0 Å². The summed E-state index contributed by atoms with van der Waals surface area (Å²) in [6.45, 7) is 1.56. The number of carbonyl (C=O) groups excluding carboxylic acids is 1. The number of carbonyl (C=O) groups is 1. The summed E-state index contributed by atoms with van der Waals surface area (Å²) in [5.41, 5.74) is 1.52. The van der Waals surface area contributed by atoms with Gasteiger partial charge in [-0.2, -0.15) is 0 Å². The SMILES string of the molecule is O=C(Nc1ccc2c(c1)OCO2)N1CCC[C@@H](c2nnc3ccccn23)C1. The molecule has 0 unspecified atom stereocenters. The van der Waals surface area contributed by atoms with Crippen LogP contribution in [0.2, 0.25) is 0 Å². The lowest BCUT2D eigenvalue weighted by atomic mass is 9.97. The number of aromatic nitrogens is 3. The van der Waals surface area contributed by atoms with Crippen LogP contribution >= 0.6 is 0 Å². The van der Waals surface area contributed by atoms with Crippen LogP contribution in [0.3, 0.4) is 0 Å². The second-order valence-corrected chi connectivity index (χ2v) is 6.77. The number of nitrogens with one attached hydrogen (secondary N) is 1. The van der Waals surface area contributed by atoms with Crippen molar-refractivity contribution in [3.05, 3.63) is 48.4 Å². The Morgan fingerprint density at radius 3 is 3.04 bits per heavy atom. The Balaban J connectivity index is 1.31. The summed E-state index contributed by atoms with van der Waals surface area (Å²) in [6.07, 6.45) is 3.89. The van der Waals surface area contributed by atoms with Gasteiger partial charge in [-0.25, -0.2) is 4.79 Å². The molecule has 1 atom stereocenters. The maximum Gasteiger partial charge on any atom is 0.321 e. The van der Waals surface area contributed by atoms with Crippen molar-refractivity contribution in [1.29, 1.82) is 0 Å². The molecule has 2 aliphatic rings. The summed E-state index contributed by atoms with van der Waals surface area (Å²) in [5, 5.41) is 11.5. The average molecular weight is 365 g/mol. The number of piperidine rings is 1. The van der Waals surface area contributed by atoms with Gasteiger partial charge in [0.2, 0.25) is 6.79 Å². The Morgan fingerprint density at radius 2 is 2.07 bits per heavy atom. The lowest BCUT2D eigenvalue weighted by Gasteiger charge is -2.32. The van der Waals surface area contributed by atoms with E-state index in [1.165, 1.54) is 0 Å². The molecular formula is C19H19N5O3. The minimum atomic E-state index is -0.118. The summed E-state index contributed by atoms with van der Waals surface area (Å²) >= 11 is 0. The summed E-state index contributed by atoms with van der Waals surface area (Å²) in [6, 6.07) is 11.1. The van der Waals surface area contributed by atoms with Gasteiger partial charge in [-0.1, -0.05) is 6.07 Å². The molecule has 5 rings (SSSR count). The van der Waals surface area contributed by atoms with Gasteiger partial charge in [-0.05, 0) is 37.1 Å². The van der Waals surface area contributed by atoms with Crippen LogP contribution in [0.1, 0.15) is 24.6 Å². The van der Waals surface area contributed by atoms with Crippen molar-refractivity contribution in [1.82, 2.24) is 19.5 Å². The van der Waals surface area contributed by atoms with Crippen molar-refractivity contribution in [2.45, 2.75) is 18.8 Å². The number of amides is 2. The van der Waals surface area contributed by atoms with E-state index in [-0.39, 0.29) is 18.7 Å². The third-order valence-corrected chi connectivity index (χ3v) is 5.04. The first-order valence-electron chi connectivity index (χ1n) is 9.03. The third kappa shape index (κ3) is 2.92. The molecule has 1 saturated heterocycles. The number of pyridine rings is 1. The van der Waals surface area contributed by atoms with Crippen LogP contribution in [0.4, 0.5) is 10.5 Å². The zero-order valence-corrected chi connectivity index (χ0v) is 14.7. The van der Waals surface area contributed by atoms with Gasteiger partial charge in [0.1, 0.15) is 5.82 Å². The van der Waals surface area contributed by atoms with Crippen LogP contribution < -0.4 is 14.8 Å². The highest BCUT2D eigenvalue weighted by Gasteiger charge is 2.28. The van der Waals surface area contributed by atoms with Gasteiger partial charge in [0.15, 0.2) is 17.1 Å². The van der Waals surface area contributed by atoms with Crippen molar-refractivity contribution in [2.75, 3.05) is 25.2 Å². The molecule has 138 valence electrons. The highest BCUT2D eigenvalue weighted by atomic mass is 16.7. The Morgan fingerprint density at radius 1 is 1.15 bits per heavy atom. The Bertz CT molecular complexity index is 1000. The predicted octanol–water partition coefficient (Wildman–Crippen LogP) is 2.87. The van der Waals surface area contributed by atoms with Crippen LogP contribution in [0.5, 0.6) is 11.5 Å². The fourth-order valence-corrected chi connectivity index (χ4v) is 3.69. The molecule has 0 spiro atoms. The number of benzene rings is 1. The first kappa shape index (κ1) is 15.9. The topological polar surface area (TPSA) is 81.0 Å². The molecule has 4 heterocycles. The Hall–Kier alpha value is -3.29. The molecule has 27 heavy (non-hydrogen) atoms. The average Bonchev–Trinajstić information content (AvgIpc) is 3.34. The number of nitrogens with zero attached hydrogens (tertiary/aromatic N) is 4. The van der Waals surface area contributed by atoms with Gasteiger partial charge in [-0.15, -0.1) is 10.2 Å². The second kappa shape index (κ2) is 6.46. The van der Waals surface area contributed by atoms with E-state index < -0.39 is 0 Å². The van der Waals surface area contributed by atoms with E-state index in [9.17, 15) is 4.79 Å². The van der Waals surface area contributed by atoms with Crippen molar-refractivity contribution in [2.24, 2.45) is 0 Å². The number of fused-ring (bicyclic) bond motifs is 2. The molecule has 0 bridgehead atoms. The fraction of sp³-hybridized carbons (Fsp3) is 0.316. The van der Waals surface area contributed by atoms with E-state index in [1.54, 1.807) is 12.1 Å². The van der Waals surface area contributed by atoms with E-state index >= 15 is 0 Å². The van der Waals surface area contributed by atoms with Crippen LogP contribution in [0.15, 0.2) is 42.6 Å². The van der Waals surface area contributed by atoms with E-state index in [0.717, 1.165) is 30.9 Å². The minimum Gasteiger partial charge on any atom is -0.454 e. The van der Waals surface area contributed by atoms with Crippen LogP contribution in [0.25, 0.3) is 5.65 Å². The lowest BCUT2D eigenvalue weighted by Crippen LogP contribution is -2.42. The summed E-state index contributed by atoms with van der Waals surface area (Å²) in [7, 11) is 0. The molecule has 0 saturated carbocycles. The predicted molar refractivity (Wildman–Crippen MR) is 98.1 cm³/mol. The quantitative estimate of drug-likeness (QED) is 0.755. The lowest BCUT2D eigenvalue weighted by molar-refractivity contribution is 0.174. The van der Waals surface area contributed by atoms with Gasteiger partial charge >= 0.3 is 6.03 Å². The first-order valence-corrected chi connectivity index (χ1v) is 9.03. The maximum atomic E-state index is 12.7. The standard InChI is InChI=1S/C19H19N5O3/c25-19(20-14-6-7-15-16(10-14)27-12-26-15)23-8-3-4-13(11-23)18-22-21-17-5-1-2-9-24(17)18/h1-2,5-7,9-10,13H,3-4,8,11-12H2,(H,20,25)/t13-/m1/s1. The zero-order chi connectivity index (χ0) is 18.2. The molecule has 8 nitrogen and oxygen atoms in total. The largest absolute Gasteiger partial charge is 0.454 e. The number of likely N-dealkylation sites (tertiary alicyclic amines) is 1. The van der Waals surface area contributed by atoms with Crippen molar-refractivity contribution >= 4 is 17.4 Å². The molecule has 1 N–H and O–H groups in total. The smallest absolute Gasteiger partial charge is 0.321 e. The number of urea groups is 1. The molecule has 3 aromatic rings. The highest BCUT2D eigenvalue weighted by Crippen LogP contribution is 2.34. The van der Waals surface area contributed by atoms with E-state index in [4.69, 9.17) is 9.47 Å². The highest BCUT2D eigenvalue weighted by molar-refractivity contribution is 5.89. The van der Waals surface area contributed by atoms with Crippen LogP contribution in [-0.4, -0.2) is 45.4 Å². The number of ether oxygens (including phenoxy) is 2. The molecule has 2 amide bonds. The molecule has 1 fully saturated rings. The minimum absolute atomic E-state index is 0.118. The molecule has 2 aromatic heterocycles. The van der Waals surface area contributed by atoms with Crippen LogP contribution in [-0.2, 0) is 0 Å². The fourth-order valence-electron chi connectivity index (χ4n) is 3.69. The second-order valence-electron chi connectivity index (χ2n) is 6.77. The summed E-state index contributed by atoms with van der Waals surface area (Å²) in [4.78, 5) is 14.6. The Labute approximate surface area is 155 Å². The van der Waals surface area contributed by atoms with Crippen molar-refractivity contribution in [3.8, 4) is 11.5 Å². The van der Waals surface area contributed by atoms with E-state index in [0.29, 0.717) is 23.7 Å². The van der Waals surface area contributed by atoms with Crippen molar-refractivity contribution in [3.63, 3.8) is 0 Å². The first-order chi connectivity index (χ1) is 13.3. The van der Waals surface area contributed by atoms with Crippen molar-refractivity contribution < 1.29 is 14.3 Å². The number of rotatable bonds is 2. The molecule has 8 heteroatoms. The number of hydrogen-bond donors (Lipinski definition) is 1. The monoisotopic (exact) mass is 365 g/mol. The van der Waals surface area contributed by atoms with Crippen LogP contribution in [0, 0.1) is 0 Å². The van der Waals surface area contributed by atoms with E-state index in [1.807, 2.05) is 39.8 Å². The zero-order valence-electron chi connectivity index (χ0n) is 14.7. The molecular weight excluding hydrogens is 346 g/mol. The normalized spacial score (nSPS) is 18.7. The van der Waals surface area contributed by atoms with Gasteiger partial charge in [0.25, 0.3) is 0 Å². The number of hydrogen-bond acceptors (Lipinski definition) is 5. The summed E-state index contributed by atoms with van der Waals surface area (Å²) in [5.74, 6) is 2.42. The van der Waals surface area contributed by atoms with Gasteiger partial charge in [-0.3, -0.25) is 4.40 Å². The van der Waals surface area contributed by atoms with Gasteiger partial charge in [0, 0.05) is 37.0 Å².